The maximum Gasteiger partial charge on any atom is 0.303 e. The summed E-state index contributed by atoms with van der Waals surface area (Å²) in [5.74, 6) is -1.49. The molecule has 0 radical (unpaired) electrons. The molecule has 0 aromatic carbocycles. The van der Waals surface area contributed by atoms with Gasteiger partial charge in [0.15, 0.2) is 0 Å². The van der Waals surface area contributed by atoms with Crippen LogP contribution in [0.5, 0.6) is 0 Å². The Kier molecular flexibility index (Phi) is 42.9. The van der Waals surface area contributed by atoms with Crippen LogP contribution in [0.1, 0.15) is 54.4 Å². The molecular formula is C12H28O6Ti. The van der Waals surface area contributed by atoms with Crippen LogP contribution in [0, 0.1) is 0 Å². The number of carboxylic acid groups (broad SMARTS) is 2. The summed E-state index contributed by atoms with van der Waals surface area (Å²) in [5.41, 5.74) is 0. The zero-order valence-electron chi connectivity index (χ0n) is 12.7. The fourth-order valence-corrected chi connectivity index (χ4v) is 0. The molecule has 0 amide bonds. The minimum absolute atomic E-state index is 0. The molecule has 0 rings (SSSR count). The summed E-state index contributed by atoms with van der Waals surface area (Å²) in [6, 6.07) is 0. The Labute approximate surface area is 130 Å². The second kappa shape index (κ2) is 26.2. The van der Waals surface area contributed by atoms with E-state index in [1.54, 1.807) is 41.5 Å². The van der Waals surface area contributed by atoms with E-state index in [4.69, 9.17) is 20.4 Å². The first-order chi connectivity index (χ1) is 8.00. The Hall–Kier alpha value is -0.426. The summed E-state index contributed by atoms with van der Waals surface area (Å²) in [4.78, 5) is 18.7. The first-order valence-electron chi connectivity index (χ1n) is 5.80. The maximum atomic E-state index is 9.37. The van der Waals surface area contributed by atoms with Crippen LogP contribution in [0.3, 0.4) is 0 Å². The Morgan fingerprint density at radius 1 is 0.789 bits per heavy atom. The normalized spacial score (nSPS) is 7.68. The molecule has 0 aliphatic heterocycles. The number of hydrogen-bond acceptors (Lipinski definition) is 4. The van der Waals surface area contributed by atoms with Gasteiger partial charge in [0, 0.05) is 46.8 Å². The fourth-order valence-electron chi connectivity index (χ4n) is 0. The first-order valence-corrected chi connectivity index (χ1v) is 5.80. The van der Waals surface area contributed by atoms with Crippen molar-refractivity contribution in [3.8, 4) is 0 Å². The van der Waals surface area contributed by atoms with E-state index in [0.717, 1.165) is 0 Å². The Morgan fingerprint density at radius 2 is 0.842 bits per heavy atom. The molecule has 4 N–H and O–H groups in total. The molecule has 0 fully saturated rings. The quantitative estimate of drug-likeness (QED) is 0.577. The number of aliphatic hydroxyl groups is 2. The first kappa shape index (κ1) is 31.1. The van der Waals surface area contributed by atoms with Crippen molar-refractivity contribution in [1.29, 1.82) is 0 Å². The van der Waals surface area contributed by atoms with Crippen molar-refractivity contribution in [3.05, 3.63) is 0 Å². The van der Waals surface area contributed by atoms with Gasteiger partial charge in [-0.1, -0.05) is 13.8 Å². The average Bonchev–Trinajstić information content (AvgIpc) is 2.16. The van der Waals surface area contributed by atoms with Gasteiger partial charge in [-0.2, -0.15) is 0 Å². The third kappa shape index (κ3) is 334. The van der Waals surface area contributed by atoms with E-state index in [-0.39, 0.29) is 46.8 Å². The zero-order chi connectivity index (χ0) is 15.7. The molecule has 6 nitrogen and oxygen atoms in total. The van der Waals surface area contributed by atoms with Gasteiger partial charge in [0.25, 0.3) is 0 Å². The second-order valence-corrected chi connectivity index (χ2v) is 3.68. The van der Waals surface area contributed by atoms with Crippen LogP contribution >= 0.6 is 0 Å². The number of hydrogen-bond donors (Lipinski definition) is 4. The van der Waals surface area contributed by atoms with Crippen molar-refractivity contribution in [3.63, 3.8) is 0 Å². The maximum absolute atomic E-state index is 9.37. The van der Waals surface area contributed by atoms with Crippen molar-refractivity contribution in [1.82, 2.24) is 0 Å². The predicted molar refractivity (Wildman–Crippen MR) is 70.6 cm³/mol. The van der Waals surface area contributed by atoms with Crippen LogP contribution in [0.25, 0.3) is 0 Å². The topological polar surface area (TPSA) is 115 Å². The van der Waals surface area contributed by atoms with Gasteiger partial charge in [-0.05, 0) is 27.7 Å². The third-order valence-electron chi connectivity index (χ3n) is 0.605. The molecule has 7 heteroatoms. The summed E-state index contributed by atoms with van der Waals surface area (Å²) >= 11 is 0. The number of carbonyl (C=O) groups is 2. The zero-order valence-corrected chi connectivity index (χ0v) is 14.2. The molecule has 0 aromatic rings. The number of aliphatic carboxylic acids is 2. The average molecular weight is 316 g/mol. The Balaban J connectivity index is -0.0000000453. The van der Waals surface area contributed by atoms with E-state index in [1.807, 2.05) is 0 Å². The van der Waals surface area contributed by atoms with Crippen molar-refractivity contribution < 1.29 is 51.7 Å². The van der Waals surface area contributed by atoms with Crippen molar-refractivity contribution >= 4 is 11.9 Å². The SMILES string of the molecule is CC(C)O.CC(C)O.CCC(=O)O.CCC(=O)O.[Ti]. The second-order valence-electron chi connectivity index (χ2n) is 3.68. The van der Waals surface area contributed by atoms with Gasteiger partial charge in [-0.15, -0.1) is 0 Å². The van der Waals surface area contributed by atoms with Crippen LogP contribution in [0.2, 0.25) is 0 Å². The minimum atomic E-state index is -0.745. The van der Waals surface area contributed by atoms with E-state index < -0.39 is 11.9 Å². The largest absolute Gasteiger partial charge is 0.481 e. The minimum Gasteiger partial charge on any atom is -0.481 e. The molecule has 0 bridgehead atoms. The predicted octanol–water partition coefficient (Wildman–Crippen LogP) is 1.73. The molecule has 116 valence electrons. The summed E-state index contributed by atoms with van der Waals surface area (Å²) in [7, 11) is 0. The van der Waals surface area contributed by atoms with Crippen LogP contribution in [-0.4, -0.2) is 44.6 Å². The van der Waals surface area contributed by atoms with Gasteiger partial charge in [-0.3, -0.25) is 9.59 Å². The van der Waals surface area contributed by atoms with Gasteiger partial charge in [0.2, 0.25) is 0 Å². The Bertz CT molecular complexity index is 158. The molecule has 0 spiro atoms. The molecule has 0 saturated carbocycles. The van der Waals surface area contributed by atoms with Crippen molar-refractivity contribution in [2.75, 3.05) is 0 Å². The van der Waals surface area contributed by atoms with Gasteiger partial charge < -0.3 is 20.4 Å². The van der Waals surface area contributed by atoms with Gasteiger partial charge in [0.1, 0.15) is 0 Å². The van der Waals surface area contributed by atoms with E-state index >= 15 is 0 Å². The van der Waals surface area contributed by atoms with Crippen LogP contribution in [0.15, 0.2) is 0 Å². The summed E-state index contributed by atoms with van der Waals surface area (Å²) in [5, 5.41) is 31.6. The number of carboxylic acids is 2. The monoisotopic (exact) mass is 316 g/mol. The molecule has 0 saturated heterocycles. The molecule has 0 atom stereocenters. The molecular weight excluding hydrogens is 288 g/mol. The van der Waals surface area contributed by atoms with Crippen molar-refractivity contribution in [2.24, 2.45) is 0 Å². The van der Waals surface area contributed by atoms with Gasteiger partial charge in [-0.25, -0.2) is 0 Å². The molecule has 19 heavy (non-hydrogen) atoms. The number of rotatable bonds is 2. The summed E-state index contributed by atoms with van der Waals surface area (Å²) < 4.78 is 0. The standard InChI is InChI=1S/2C3H6O2.2C3H8O.Ti/c2*1-2-3(4)5;2*1-3(2)4;/h2*2H2,1H3,(H,4,5);2*3-4H,1-2H3;. The summed E-state index contributed by atoms with van der Waals surface area (Å²) in [6.45, 7) is 10.1. The fraction of sp³-hybridized carbons (Fsp3) is 0.833. The summed E-state index contributed by atoms with van der Waals surface area (Å²) in [6.07, 6.45) is 0.111. The van der Waals surface area contributed by atoms with Crippen molar-refractivity contribution in [2.45, 2.75) is 66.6 Å². The molecule has 0 unspecified atom stereocenters. The Morgan fingerprint density at radius 3 is 0.842 bits per heavy atom. The molecule has 0 aliphatic carbocycles. The number of aliphatic hydroxyl groups excluding tert-OH is 2. The van der Waals surface area contributed by atoms with Gasteiger partial charge >= 0.3 is 11.9 Å². The third-order valence-corrected chi connectivity index (χ3v) is 0.605. The molecule has 0 aliphatic rings. The van der Waals surface area contributed by atoms with E-state index in [0.29, 0.717) is 0 Å². The van der Waals surface area contributed by atoms with Crippen LogP contribution in [0.4, 0.5) is 0 Å². The molecule has 0 heterocycles. The molecule has 0 aromatic heterocycles. The van der Waals surface area contributed by atoms with E-state index in [1.165, 1.54) is 0 Å². The van der Waals surface area contributed by atoms with E-state index in [9.17, 15) is 9.59 Å². The smallest absolute Gasteiger partial charge is 0.303 e. The van der Waals surface area contributed by atoms with E-state index in [2.05, 4.69) is 0 Å². The van der Waals surface area contributed by atoms with Crippen LogP contribution in [-0.2, 0) is 31.3 Å². The van der Waals surface area contributed by atoms with Crippen LogP contribution < -0.4 is 0 Å². The van der Waals surface area contributed by atoms with Gasteiger partial charge in [0.05, 0.1) is 0 Å².